The van der Waals surface area contributed by atoms with Crippen LogP contribution < -0.4 is 0 Å². The minimum absolute atomic E-state index is 0.149. The van der Waals surface area contributed by atoms with Crippen molar-refractivity contribution in [2.24, 2.45) is 0 Å². The Labute approximate surface area is 93.1 Å². The number of benzene rings is 1. The Morgan fingerprint density at radius 1 is 1.53 bits per heavy atom. The summed E-state index contributed by atoms with van der Waals surface area (Å²) in [4.78, 5) is 10.3. The van der Waals surface area contributed by atoms with Crippen molar-refractivity contribution in [2.45, 2.75) is 12.5 Å². The molecule has 0 unspecified atom stereocenters. The van der Waals surface area contributed by atoms with Crippen molar-refractivity contribution < 1.29 is 24.5 Å². The van der Waals surface area contributed by atoms with Crippen molar-refractivity contribution in [1.29, 1.82) is 0 Å². The van der Waals surface area contributed by atoms with Gasteiger partial charge in [-0.15, -0.1) is 0 Å². The van der Waals surface area contributed by atoms with Crippen LogP contribution >= 0.6 is 15.9 Å². The summed E-state index contributed by atoms with van der Waals surface area (Å²) >= 11 is 2.97. The molecule has 0 radical (unpaired) electrons. The van der Waals surface area contributed by atoms with Gasteiger partial charge in [0.05, 0.1) is 12.5 Å². The van der Waals surface area contributed by atoms with E-state index in [2.05, 4.69) is 15.9 Å². The third-order valence-corrected chi connectivity index (χ3v) is 2.24. The fourth-order valence-electron chi connectivity index (χ4n) is 1.12. The first-order valence-electron chi connectivity index (χ1n) is 3.99. The van der Waals surface area contributed by atoms with E-state index in [9.17, 15) is 19.4 Å². The molecule has 0 saturated heterocycles. The zero-order valence-electron chi connectivity index (χ0n) is 7.44. The van der Waals surface area contributed by atoms with Crippen LogP contribution in [0.2, 0.25) is 0 Å². The number of aliphatic hydroxyl groups is 1. The fraction of sp³-hybridized carbons (Fsp3) is 0.222. The number of rotatable bonds is 3. The average Bonchev–Trinajstić information content (AvgIpc) is 2.09. The number of carboxylic acid groups (broad SMARTS) is 1. The van der Waals surface area contributed by atoms with Gasteiger partial charge >= 0.3 is 5.97 Å². The monoisotopic (exact) mass is 278 g/mol. The minimum atomic E-state index is -1.44. The van der Waals surface area contributed by atoms with E-state index >= 15 is 0 Å². The van der Waals surface area contributed by atoms with Gasteiger partial charge in [-0.3, -0.25) is 4.79 Å². The van der Waals surface area contributed by atoms with Crippen molar-refractivity contribution in [3.8, 4) is 5.75 Å². The number of phenols is 1. The van der Waals surface area contributed by atoms with E-state index in [0.29, 0.717) is 4.47 Å². The lowest BCUT2D eigenvalue weighted by atomic mass is 10.1. The third kappa shape index (κ3) is 2.90. The van der Waals surface area contributed by atoms with Crippen molar-refractivity contribution in [3.05, 3.63) is 28.0 Å². The van der Waals surface area contributed by atoms with Crippen LogP contribution in [0.1, 0.15) is 18.1 Å². The molecule has 0 aliphatic heterocycles. The van der Waals surface area contributed by atoms with E-state index in [1.54, 1.807) is 0 Å². The van der Waals surface area contributed by atoms with Gasteiger partial charge in [-0.2, -0.15) is 0 Å². The van der Waals surface area contributed by atoms with E-state index in [4.69, 9.17) is 5.11 Å². The Morgan fingerprint density at radius 2 is 2.13 bits per heavy atom. The summed E-state index contributed by atoms with van der Waals surface area (Å²) in [6.45, 7) is 0. The number of aromatic hydroxyl groups is 1. The summed E-state index contributed by atoms with van der Waals surface area (Å²) in [6, 6.07) is 2.29. The van der Waals surface area contributed by atoms with Gasteiger partial charge in [-0.05, 0) is 12.1 Å². The van der Waals surface area contributed by atoms with Crippen LogP contribution in [0.5, 0.6) is 5.75 Å². The van der Waals surface area contributed by atoms with E-state index in [0.717, 1.165) is 6.07 Å². The van der Waals surface area contributed by atoms with E-state index in [1.807, 2.05) is 0 Å². The molecule has 0 heterocycles. The highest BCUT2D eigenvalue weighted by Crippen LogP contribution is 2.31. The second-order valence-corrected chi connectivity index (χ2v) is 3.85. The topological polar surface area (TPSA) is 77.8 Å². The highest BCUT2D eigenvalue weighted by molar-refractivity contribution is 9.10. The minimum Gasteiger partial charge on any atom is -0.505 e. The second kappa shape index (κ2) is 4.59. The van der Waals surface area contributed by atoms with Crippen molar-refractivity contribution >= 4 is 21.9 Å². The fourth-order valence-corrected chi connectivity index (χ4v) is 1.56. The van der Waals surface area contributed by atoms with Crippen LogP contribution in [0, 0.1) is 5.82 Å². The van der Waals surface area contributed by atoms with Gasteiger partial charge in [0.1, 0.15) is 0 Å². The molecule has 0 spiro atoms. The summed E-state index contributed by atoms with van der Waals surface area (Å²) < 4.78 is 13.3. The summed E-state index contributed by atoms with van der Waals surface area (Å²) in [5.41, 5.74) is -0.149. The Bertz CT molecular complexity index is 394. The van der Waals surface area contributed by atoms with Gasteiger partial charge in [0.25, 0.3) is 0 Å². The van der Waals surface area contributed by atoms with Crippen LogP contribution in [0.25, 0.3) is 0 Å². The van der Waals surface area contributed by atoms with Crippen LogP contribution in [-0.2, 0) is 4.79 Å². The summed E-state index contributed by atoms with van der Waals surface area (Å²) in [5, 5.41) is 27.1. The molecule has 0 aromatic heterocycles. The first kappa shape index (κ1) is 11.9. The Hall–Kier alpha value is -1.14. The lowest BCUT2D eigenvalue weighted by Crippen LogP contribution is -2.06. The Kier molecular flexibility index (Phi) is 3.65. The zero-order valence-corrected chi connectivity index (χ0v) is 9.03. The SMILES string of the molecule is O=C(O)C[C@H](O)c1cc(Br)cc(F)c1O. The number of hydrogen-bond donors (Lipinski definition) is 3. The smallest absolute Gasteiger partial charge is 0.306 e. The first-order chi connectivity index (χ1) is 6.91. The molecule has 1 aromatic carbocycles. The predicted octanol–water partition coefficient (Wildman–Crippen LogP) is 1.80. The molecule has 0 aliphatic rings. The Morgan fingerprint density at radius 3 is 2.67 bits per heavy atom. The van der Waals surface area contributed by atoms with Crippen LogP contribution in [0.3, 0.4) is 0 Å². The molecular formula is C9H8BrFO4. The van der Waals surface area contributed by atoms with Gasteiger partial charge in [0.2, 0.25) is 0 Å². The van der Waals surface area contributed by atoms with Crippen molar-refractivity contribution in [3.63, 3.8) is 0 Å². The normalized spacial score (nSPS) is 12.5. The van der Waals surface area contributed by atoms with E-state index in [-0.39, 0.29) is 5.56 Å². The molecular weight excluding hydrogens is 271 g/mol. The molecule has 0 saturated carbocycles. The number of phenolic OH excluding ortho intramolecular Hbond substituents is 1. The molecule has 82 valence electrons. The number of halogens is 2. The van der Waals surface area contributed by atoms with Gasteiger partial charge in [-0.1, -0.05) is 15.9 Å². The third-order valence-electron chi connectivity index (χ3n) is 1.78. The molecule has 6 heteroatoms. The van der Waals surface area contributed by atoms with Gasteiger partial charge in [0, 0.05) is 10.0 Å². The maximum absolute atomic E-state index is 13.0. The number of carbonyl (C=O) groups is 1. The number of hydrogen-bond acceptors (Lipinski definition) is 3. The van der Waals surface area contributed by atoms with Gasteiger partial charge in [0.15, 0.2) is 11.6 Å². The summed E-state index contributed by atoms with van der Waals surface area (Å²) in [7, 11) is 0. The molecule has 1 atom stereocenters. The van der Waals surface area contributed by atoms with E-state index < -0.39 is 30.1 Å². The highest BCUT2D eigenvalue weighted by atomic mass is 79.9. The highest BCUT2D eigenvalue weighted by Gasteiger charge is 2.19. The number of aliphatic hydroxyl groups excluding tert-OH is 1. The maximum Gasteiger partial charge on any atom is 0.306 e. The Balaban J connectivity index is 3.07. The van der Waals surface area contributed by atoms with Crippen LogP contribution in [0.15, 0.2) is 16.6 Å². The van der Waals surface area contributed by atoms with Crippen LogP contribution in [-0.4, -0.2) is 21.3 Å². The summed E-state index contributed by atoms with van der Waals surface area (Å²) in [6.07, 6.45) is -2.03. The van der Waals surface area contributed by atoms with Crippen molar-refractivity contribution in [1.82, 2.24) is 0 Å². The molecule has 0 aliphatic carbocycles. The van der Waals surface area contributed by atoms with Gasteiger partial charge in [-0.25, -0.2) is 4.39 Å². The van der Waals surface area contributed by atoms with Crippen LogP contribution in [0.4, 0.5) is 4.39 Å². The quantitative estimate of drug-likeness (QED) is 0.788. The van der Waals surface area contributed by atoms with E-state index in [1.165, 1.54) is 6.07 Å². The molecule has 4 nitrogen and oxygen atoms in total. The first-order valence-corrected chi connectivity index (χ1v) is 4.79. The molecule has 3 N–H and O–H groups in total. The largest absolute Gasteiger partial charge is 0.505 e. The summed E-state index contributed by atoms with van der Waals surface area (Å²) in [5.74, 6) is -2.88. The lowest BCUT2D eigenvalue weighted by Gasteiger charge is -2.11. The molecule has 0 bridgehead atoms. The standard InChI is InChI=1S/C9H8BrFO4/c10-4-1-5(7(12)3-8(13)14)9(15)6(11)2-4/h1-2,7,12,15H,3H2,(H,13,14)/t7-/m0/s1. The molecule has 0 fully saturated rings. The second-order valence-electron chi connectivity index (χ2n) is 2.94. The average molecular weight is 279 g/mol. The zero-order chi connectivity index (χ0) is 11.6. The maximum atomic E-state index is 13.0. The molecule has 0 amide bonds. The molecule has 1 aromatic rings. The van der Waals surface area contributed by atoms with Crippen molar-refractivity contribution in [2.75, 3.05) is 0 Å². The number of aliphatic carboxylic acids is 1. The molecule has 1 rings (SSSR count). The molecule has 15 heavy (non-hydrogen) atoms. The predicted molar refractivity (Wildman–Crippen MR) is 53.0 cm³/mol. The number of carboxylic acids is 1. The lowest BCUT2D eigenvalue weighted by molar-refractivity contribution is -0.139. The van der Waals surface area contributed by atoms with Gasteiger partial charge < -0.3 is 15.3 Å².